The molecule has 0 aliphatic carbocycles. The molecule has 1 rings (SSSR count). The highest BCUT2D eigenvalue weighted by atomic mass is 16.5. The summed E-state index contributed by atoms with van der Waals surface area (Å²) in [6, 6.07) is 5.35. The van der Waals surface area contributed by atoms with Crippen LogP contribution in [0.5, 0.6) is 11.5 Å². The van der Waals surface area contributed by atoms with Gasteiger partial charge in [-0.3, -0.25) is 4.79 Å². The quantitative estimate of drug-likeness (QED) is 0.847. The van der Waals surface area contributed by atoms with Crippen molar-refractivity contribution >= 4 is 5.91 Å². The maximum Gasteiger partial charge on any atom is 0.257 e. The van der Waals surface area contributed by atoms with E-state index in [-0.39, 0.29) is 11.9 Å². The van der Waals surface area contributed by atoms with Gasteiger partial charge in [-0.15, -0.1) is 0 Å². The largest absolute Gasteiger partial charge is 0.493 e. The summed E-state index contributed by atoms with van der Waals surface area (Å²) < 4.78 is 10.5. The van der Waals surface area contributed by atoms with Crippen LogP contribution in [0.4, 0.5) is 0 Å². The predicted octanol–water partition coefficient (Wildman–Crippen LogP) is 1.51. The molecule has 0 saturated heterocycles. The van der Waals surface area contributed by atoms with Crippen LogP contribution in [0, 0.1) is 0 Å². The number of hydrogen-bond acceptors (Lipinski definition) is 4. The number of para-hydroxylation sites is 1. The van der Waals surface area contributed by atoms with Crippen molar-refractivity contribution in [3.8, 4) is 11.5 Å². The van der Waals surface area contributed by atoms with Crippen molar-refractivity contribution in [2.24, 2.45) is 5.73 Å². The zero-order valence-electron chi connectivity index (χ0n) is 12.0. The molecule has 0 aromatic heterocycles. The molecule has 106 valence electrons. The van der Waals surface area contributed by atoms with E-state index in [4.69, 9.17) is 15.2 Å². The molecule has 5 nitrogen and oxygen atoms in total. The van der Waals surface area contributed by atoms with Gasteiger partial charge in [-0.1, -0.05) is 6.07 Å². The van der Waals surface area contributed by atoms with Gasteiger partial charge in [0.25, 0.3) is 5.91 Å². The van der Waals surface area contributed by atoms with Gasteiger partial charge in [0, 0.05) is 13.1 Å². The number of amides is 1. The summed E-state index contributed by atoms with van der Waals surface area (Å²) in [4.78, 5) is 14.1. The highest BCUT2D eigenvalue weighted by Gasteiger charge is 2.22. The third-order valence-corrected chi connectivity index (χ3v) is 3.20. The van der Waals surface area contributed by atoms with Crippen LogP contribution >= 0.6 is 0 Å². The molecule has 1 aromatic carbocycles. The first kappa shape index (κ1) is 15.3. The van der Waals surface area contributed by atoms with Crippen LogP contribution in [0.15, 0.2) is 18.2 Å². The number of nitrogens with two attached hydrogens (primary N) is 1. The van der Waals surface area contributed by atoms with Gasteiger partial charge < -0.3 is 20.1 Å². The molecule has 0 fully saturated rings. The fraction of sp³-hybridized carbons (Fsp3) is 0.500. The molecule has 5 heteroatoms. The standard InChI is InChI=1S/C14H22N2O3/c1-10(8-9-15)16(2)14(17)11-6-5-7-12(18-3)13(11)19-4/h5-7,10H,8-9,15H2,1-4H3. The second kappa shape index (κ2) is 6.99. The van der Waals surface area contributed by atoms with E-state index in [0.29, 0.717) is 23.6 Å². The molecular formula is C14H22N2O3. The Hall–Kier alpha value is -1.75. The van der Waals surface area contributed by atoms with E-state index in [9.17, 15) is 4.79 Å². The van der Waals surface area contributed by atoms with Gasteiger partial charge in [0.15, 0.2) is 11.5 Å². The smallest absolute Gasteiger partial charge is 0.257 e. The van der Waals surface area contributed by atoms with Crippen LogP contribution in [0.2, 0.25) is 0 Å². The number of ether oxygens (including phenoxy) is 2. The number of nitrogens with zero attached hydrogens (tertiary/aromatic N) is 1. The predicted molar refractivity (Wildman–Crippen MR) is 74.8 cm³/mol. The molecular weight excluding hydrogens is 244 g/mol. The molecule has 0 bridgehead atoms. The Labute approximate surface area is 114 Å². The molecule has 1 aromatic rings. The normalized spacial score (nSPS) is 11.8. The molecule has 0 aliphatic heterocycles. The van der Waals surface area contributed by atoms with Crippen LogP contribution in [0.3, 0.4) is 0 Å². The number of carbonyl (C=O) groups excluding carboxylic acids is 1. The van der Waals surface area contributed by atoms with E-state index in [0.717, 1.165) is 6.42 Å². The topological polar surface area (TPSA) is 64.8 Å². The molecule has 0 spiro atoms. The fourth-order valence-electron chi connectivity index (χ4n) is 1.88. The Bertz CT molecular complexity index is 435. The van der Waals surface area contributed by atoms with Gasteiger partial charge in [0.05, 0.1) is 19.8 Å². The second-order valence-corrected chi connectivity index (χ2v) is 4.38. The molecule has 1 unspecified atom stereocenters. The molecule has 19 heavy (non-hydrogen) atoms. The zero-order valence-corrected chi connectivity index (χ0v) is 12.0. The average Bonchev–Trinajstić information content (AvgIpc) is 2.44. The molecule has 1 amide bonds. The maximum atomic E-state index is 12.5. The minimum absolute atomic E-state index is 0.0772. The van der Waals surface area contributed by atoms with Crippen LogP contribution < -0.4 is 15.2 Å². The van der Waals surface area contributed by atoms with E-state index >= 15 is 0 Å². The maximum absolute atomic E-state index is 12.5. The van der Waals surface area contributed by atoms with Crippen LogP contribution in [0.1, 0.15) is 23.7 Å². The monoisotopic (exact) mass is 266 g/mol. The summed E-state index contributed by atoms with van der Waals surface area (Å²) in [6.45, 7) is 2.52. The number of carbonyl (C=O) groups is 1. The first-order valence-electron chi connectivity index (χ1n) is 6.25. The lowest BCUT2D eigenvalue weighted by molar-refractivity contribution is 0.0735. The first-order chi connectivity index (χ1) is 9.06. The highest BCUT2D eigenvalue weighted by molar-refractivity contribution is 5.97. The summed E-state index contributed by atoms with van der Waals surface area (Å²) in [5.74, 6) is 0.909. The number of hydrogen-bond donors (Lipinski definition) is 1. The molecule has 0 heterocycles. The van der Waals surface area contributed by atoms with E-state index in [1.165, 1.54) is 7.11 Å². The summed E-state index contributed by atoms with van der Waals surface area (Å²) in [5, 5.41) is 0. The van der Waals surface area contributed by atoms with Gasteiger partial charge in [-0.25, -0.2) is 0 Å². The Kier molecular flexibility index (Phi) is 5.63. The fourth-order valence-corrected chi connectivity index (χ4v) is 1.88. The number of rotatable bonds is 6. The summed E-state index contributed by atoms with van der Waals surface area (Å²) in [6.07, 6.45) is 0.758. The SMILES string of the molecule is COc1cccc(C(=O)N(C)C(C)CCN)c1OC. The first-order valence-corrected chi connectivity index (χ1v) is 6.25. The molecule has 2 N–H and O–H groups in total. The van der Waals surface area contributed by atoms with Gasteiger partial charge in [0.2, 0.25) is 0 Å². The van der Waals surface area contributed by atoms with Gasteiger partial charge in [0.1, 0.15) is 0 Å². The lowest BCUT2D eigenvalue weighted by Crippen LogP contribution is -2.36. The Morgan fingerprint density at radius 1 is 1.37 bits per heavy atom. The Morgan fingerprint density at radius 3 is 2.58 bits per heavy atom. The van der Waals surface area contributed by atoms with E-state index in [1.54, 1.807) is 37.3 Å². The average molecular weight is 266 g/mol. The Morgan fingerprint density at radius 2 is 2.05 bits per heavy atom. The van der Waals surface area contributed by atoms with Crippen molar-refractivity contribution in [2.45, 2.75) is 19.4 Å². The molecule has 1 atom stereocenters. The van der Waals surface area contributed by atoms with Crippen LogP contribution in [-0.2, 0) is 0 Å². The summed E-state index contributed by atoms with van der Waals surface area (Å²) in [5.41, 5.74) is 6.02. The minimum Gasteiger partial charge on any atom is -0.493 e. The number of methoxy groups -OCH3 is 2. The van der Waals surface area contributed by atoms with Crippen LogP contribution in [0.25, 0.3) is 0 Å². The number of benzene rings is 1. The van der Waals surface area contributed by atoms with E-state index in [2.05, 4.69) is 0 Å². The summed E-state index contributed by atoms with van der Waals surface area (Å²) in [7, 11) is 4.84. The van der Waals surface area contributed by atoms with Crippen molar-refractivity contribution in [1.82, 2.24) is 4.90 Å². The van der Waals surface area contributed by atoms with Gasteiger partial charge in [-0.05, 0) is 32.0 Å². The lowest BCUT2D eigenvalue weighted by atomic mass is 10.1. The second-order valence-electron chi connectivity index (χ2n) is 4.38. The molecule has 0 aliphatic rings. The lowest BCUT2D eigenvalue weighted by Gasteiger charge is -2.25. The van der Waals surface area contributed by atoms with Crippen molar-refractivity contribution in [3.05, 3.63) is 23.8 Å². The van der Waals surface area contributed by atoms with E-state index in [1.807, 2.05) is 6.92 Å². The van der Waals surface area contributed by atoms with Crippen molar-refractivity contribution in [3.63, 3.8) is 0 Å². The van der Waals surface area contributed by atoms with Crippen LogP contribution in [-0.4, -0.2) is 44.7 Å². The minimum atomic E-state index is -0.100. The van der Waals surface area contributed by atoms with Gasteiger partial charge >= 0.3 is 0 Å². The third-order valence-electron chi connectivity index (χ3n) is 3.20. The van der Waals surface area contributed by atoms with Crippen molar-refractivity contribution < 1.29 is 14.3 Å². The molecule has 0 saturated carbocycles. The highest BCUT2D eigenvalue weighted by Crippen LogP contribution is 2.31. The van der Waals surface area contributed by atoms with Crippen molar-refractivity contribution in [2.75, 3.05) is 27.8 Å². The van der Waals surface area contributed by atoms with Crippen molar-refractivity contribution in [1.29, 1.82) is 0 Å². The van der Waals surface area contributed by atoms with Gasteiger partial charge in [-0.2, -0.15) is 0 Å². The Balaban J connectivity index is 3.05. The van der Waals surface area contributed by atoms with E-state index < -0.39 is 0 Å². The zero-order chi connectivity index (χ0) is 14.4. The third kappa shape index (κ3) is 3.38. The molecule has 0 radical (unpaired) electrons. The summed E-state index contributed by atoms with van der Waals surface area (Å²) >= 11 is 0.